The molecule has 4 nitrogen and oxygen atoms in total. The number of ether oxygens (including phenoxy) is 1. The van der Waals surface area contributed by atoms with Gasteiger partial charge in [-0.2, -0.15) is 0 Å². The van der Waals surface area contributed by atoms with Crippen molar-refractivity contribution in [2.75, 3.05) is 21.1 Å². The van der Waals surface area contributed by atoms with Crippen LogP contribution in [0.15, 0.2) is 18.3 Å². The van der Waals surface area contributed by atoms with Gasteiger partial charge in [0.15, 0.2) is 5.75 Å². The Bertz CT molecular complexity index is 361. The lowest BCUT2D eigenvalue weighted by Crippen LogP contribution is -3.00. The van der Waals surface area contributed by atoms with Crippen LogP contribution in [0.1, 0.15) is 12.6 Å². The largest absolute Gasteiger partial charge is 1.00 e. The topological polar surface area (TPSA) is 39.2 Å². The Morgan fingerprint density at radius 1 is 1.44 bits per heavy atom. The van der Waals surface area contributed by atoms with Crippen LogP contribution in [-0.2, 0) is 11.3 Å². The molecule has 0 fully saturated rings. The molecule has 0 aliphatic heterocycles. The number of rotatable bonds is 3. The SMILES string of the molecule is CC(=O)Oc1cccnc1C[N+](C)(C)C.[Br-]. The molecule has 90 valence electrons. The number of carbonyl (C=O) groups is 1. The van der Waals surface area contributed by atoms with Crippen molar-refractivity contribution in [1.29, 1.82) is 0 Å². The quantitative estimate of drug-likeness (QED) is 0.488. The van der Waals surface area contributed by atoms with E-state index in [1.807, 2.05) is 0 Å². The molecule has 0 saturated carbocycles. The molecular formula is C11H17BrN2O2. The summed E-state index contributed by atoms with van der Waals surface area (Å²) in [4.78, 5) is 15.1. The van der Waals surface area contributed by atoms with Crippen molar-refractivity contribution in [2.45, 2.75) is 13.5 Å². The van der Waals surface area contributed by atoms with Crippen molar-refractivity contribution < 1.29 is 31.0 Å². The summed E-state index contributed by atoms with van der Waals surface area (Å²) >= 11 is 0. The third-order valence-corrected chi connectivity index (χ3v) is 1.73. The van der Waals surface area contributed by atoms with Crippen LogP contribution in [0.25, 0.3) is 0 Å². The number of aromatic nitrogens is 1. The van der Waals surface area contributed by atoms with Gasteiger partial charge >= 0.3 is 5.97 Å². The molecule has 5 heteroatoms. The second-order valence-electron chi connectivity index (χ2n) is 4.49. The van der Waals surface area contributed by atoms with Crippen molar-refractivity contribution in [2.24, 2.45) is 0 Å². The van der Waals surface area contributed by atoms with Crippen LogP contribution < -0.4 is 21.7 Å². The van der Waals surface area contributed by atoms with Gasteiger partial charge < -0.3 is 26.2 Å². The van der Waals surface area contributed by atoms with E-state index in [1.54, 1.807) is 18.3 Å². The highest BCUT2D eigenvalue weighted by Crippen LogP contribution is 2.18. The van der Waals surface area contributed by atoms with Crippen LogP contribution in [0.3, 0.4) is 0 Å². The number of quaternary nitrogens is 1. The Balaban J connectivity index is 0.00000225. The van der Waals surface area contributed by atoms with E-state index in [4.69, 9.17) is 4.74 Å². The van der Waals surface area contributed by atoms with Crippen LogP contribution in [0.4, 0.5) is 0 Å². The normalized spacial score (nSPS) is 10.5. The molecule has 0 bridgehead atoms. The van der Waals surface area contributed by atoms with E-state index in [0.717, 1.165) is 16.7 Å². The minimum absolute atomic E-state index is 0. The van der Waals surface area contributed by atoms with Gasteiger partial charge in [0.2, 0.25) is 0 Å². The van der Waals surface area contributed by atoms with E-state index in [0.29, 0.717) is 5.75 Å². The molecule has 0 aromatic carbocycles. The molecule has 0 amide bonds. The Morgan fingerprint density at radius 2 is 2.06 bits per heavy atom. The average Bonchev–Trinajstić information content (AvgIpc) is 2.05. The highest BCUT2D eigenvalue weighted by molar-refractivity contribution is 5.69. The highest BCUT2D eigenvalue weighted by Gasteiger charge is 2.15. The molecule has 1 rings (SSSR count). The first kappa shape index (κ1) is 15.1. The number of hydrogen-bond donors (Lipinski definition) is 0. The molecule has 1 aromatic rings. The van der Waals surface area contributed by atoms with Gasteiger partial charge in [-0.05, 0) is 12.1 Å². The smallest absolute Gasteiger partial charge is 0.308 e. The lowest BCUT2D eigenvalue weighted by molar-refractivity contribution is -0.884. The summed E-state index contributed by atoms with van der Waals surface area (Å²) in [5.74, 6) is 0.240. The molecule has 1 heterocycles. The van der Waals surface area contributed by atoms with Crippen LogP contribution in [0.5, 0.6) is 5.75 Å². The minimum atomic E-state index is -0.314. The van der Waals surface area contributed by atoms with Gasteiger partial charge in [0.25, 0.3) is 0 Å². The lowest BCUT2D eigenvalue weighted by Gasteiger charge is -2.23. The summed E-state index contributed by atoms with van der Waals surface area (Å²) < 4.78 is 5.82. The molecule has 0 aliphatic carbocycles. The summed E-state index contributed by atoms with van der Waals surface area (Å²) in [5, 5.41) is 0. The molecule has 0 spiro atoms. The van der Waals surface area contributed by atoms with E-state index in [9.17, 15) is 4.79 Å². The predicted octanol–water partition coefficient (Wildman–Crippen LogP) is -1.78. The summed E-state index contributed by atoms with van der Waals surface area (Å²) in [7, 11) is 6.19. The molecular weight excluding hydrogens is 272 g/mol. The van der Waals surface area contributed by atoms with Gasteiger partial charge in [0, 0.05) is 13.1 Å². The first-order valence-electron chi connectivity index (χ1n) is 4.81. The monoisotopic (exact) mass is 288 g/mol. The fourth-order valence-corrected chi connectivity index (χ4v) is 1.24. The lowest BCUT2D eigenvalue weighted by atomic mass is 10.3. The fourth-order valence-electron chi connectivity index (χ4n) is 1.24. The second kappa shape index (κ2) is 5.96. The molecule has 1 aromatic heterocycles. The summed E-state index contributed by atoms with van der Waals surface area (Å²) in [6.45, 7) is 2.12. The summed E-state index contributed by atoms with van der Waals surface area (Å²) in [5.41, 5.74) is 0.806. The maximum atomic E-state index is 10.9. The van der Waals surface area contributed by atoms with E-state index in [2.05, 4.69) is 26.1 Å². The van der Waals surface area contributed by atoms with Gasteiger partial charge in [0.1, 0.15) is 12.2 Å². The predicted molar refractivity (Wildman–Crippen MR) is 57.3 cm³/mol. The molecule has 16 heavy (non-hydrogen) atoms. The Labute approximate surface area is 107 Å². The van der Waals surface area contributed by atoms with Crippen LogP contribution in [-0.4, -0.2) is 36.6 Å². The molecule has 0 unspecified atom stereocenters. The number of hydrogen-bond acceptors (Lipinski definition) is 3. The van der Waals surface area contributed by atoms with Crippen molar-refractivity contribution in [3.05, 3.63) is 24.0 Å². The first-order chi connectivity index (χ1) is 6.88. The summed E-state index contributed by atoms with van der Waals surface area (Å²) in [6, 6.07) is 3.52. The molecule has 0 N–H and O–H groups in total. The fraction of sp³-hybridized carbons (Fsp3) is 0.455. The second-order valence-corrected chi connectivity index (χ2v) is 4.49. The third-order valence-electron chi connectivity index (χ3n) is 1.73. The van der Waals surface area contributed by atoms with Crippen molar-refractivity contribution in [3.63, 3.8) is 0 Å². The Kier molecular flexibility index (Phi) is 5.61. The van der Waals surface area contributed by atoms with E-state index in [1.165, 1.54) is 6.92 Å². The van der Waals surface area contributed by atoms with Crippen molar-refractivity contribution in [3.8, 4) is 5.75 Å². The van der Waals surface area contributed by atoms with Gasteiger partial charge in [-0.3, -0.25) is 9.78 Å². The van der Waals surface area contributed by atoms with Gasteiger partial charge in [-0.15, -0.1) is 0 Å². The standard InChI is InChI=1S/C11H17N2O2.BrH/c1-9(14)15-11-6-5-7-12-10(11)8-13(2,3)4;/h5-7H,8H2,1-4H3;1H/q+1;/p-1. The zero-order valence-electron chi connectivity index (χ0n) is 10.0. The first-order valence-corrected chi connectivity index (χ1v) is 4.81. The maximum Gasteiger partial charge on any atom is 0.308 e. The molecule has 0 saturated heterocycles. The van der Waals surface area contributed by atoms with Crippen molar-refractivity contribution in [1.82, 2.24) is 4.98 Å². The van der Waals surface area contributed by atoms with Crippen LogP contribution >= 0.6 is 0 Å². The minimum Gasteiger partial charge on any atom is -1.00 e. The van der Waals surface area contributed by atoms with Crippen LogP contribution in [0, 0.1) is 0 Å². The van der Waals surface area contributed by atoms with Gasteiger partial charge in [-0.25, -0.2) is 0 Å². The third kappa shape index (κ3) is 5.23. The number of carbonyl (C=O) groups excluding carboxylic acids is 1. The summed E-state index contributed by atoms with van der Waals surface area (Å²) in [6.07, 6.45) is 1.71. The number of halogens is 1. The molecule has 0 radical (unpaired) electrons. The van der Waals surface area contributed by atoms with E-state index >= 15 is 0 Å². The maximum absolute atomic E-state index is 10.9. The van der Waals surface area contributed by atoms with Gasteiger partial charge in [0.05, 0.1) is 21.1 Å². The average molecular weight is 289 g/mol. The highest BCUT2D eigenvalue weighted by atomic mass is 79.9. The number of pyridine rings is 1. The van der Waals surface area contributed by atoms with Gasteiger partial charge in [-0.1, -0.05) is 0 Å². The molecule has 0 atom stereocenters. The van der Waals surface area contributed by atoms with Crippen LogP contribution in [0.2, 0.25) is 0 Å². The Morgan fingerprint density at radius 3 is 2.56 bits per heavy atom. The van der Waals surface area contributed by atoms with Crippen molar-refractivity contribution >= 4 is 5.97 Å². The van der Waals surface area contributed by atoms with E-state index < -0.39 is 0 Å². The zero-order valence-corrected chi connectivity index (χ0v) is 11.6. The number of nitrogens with zero attached hydrogens (tertiary/aromatic N) is 2. The zero-order chi connectivity index (χ0) is 11.5. The number of esters is 1. The van der Waals surface area contributed by atoms with E-state index in [-0.39, 0.29) is 23.0 Å². The Hall–Kier alpha value is -0.940. The molecule has 0 aliphatic rings.